The Morgan fingerprint density at radius 2 is 2.18 bits per heavy atom. The van der Waals surface area contributed by atoms with Crippen molar-refractivity contribution in [1.82, 2.24) is 10.3 Å². The van der Waals surface area contributed by atoms with Crippen LogP contribution in [0.25, 0.3) is 0 Å². The fraction of sp³-hybridized carbons (Fsp3) is 0.538. The Morgan fingerprint density at radius 1 is 1.47 bits per heavy atom. The summed E-state index contributed by atoms with van der Waals surface area (Å²) >= 11 is 6.10. The quantitative estimate of drug-likeness (QED) is 0.821. The number of carbonyl (C=O) groups is 1. The Bertz CT molecular complexity index is 362. The van der Waals surface area contributed by atoms with Crippen molar-refractivity contribution in [3.8, 4) is 0 Å². The average molecular weight is 255 g/mol. The number of hydrogen-bond donors (Lipinski definition) is 1. The summed E-state index contributed by atoms with van der Waals surface area (Å²) in [6.45, 7) is 6.60. The summed E-state index contributed by atoms with van der Waals surface area (Å²) in [6, 6.07) is 3.59. The lowest BCUT2D eigenvalue weighted by Gasteiger charge is -2.12. The number of carbonyl (C=O) groups excluding carboxylic acids is 1. The van der Waals surface area contributed by atoms with Gasteiger partial charge >= 0.3 is 0 Å². The van der Waals surface area contributed by atoms with Crippen LogP contribution < -0.4 is 5.32 Å². The summed E-state index contributed by atoms with van der Waals surface area (Å²) in [4.78, 5) is 15.8. The Hall–Kier alpha value is -1.09. The number of aryl methyl sites for hydroxylation is 1. The zero-order valence-corrected chi connectivity index (χ0v) is 11.3. The van der Waals surface area contributed by atoms with Crippen molar-refractivity contribution in [1.29, 1.82) is 0 Å². The molecule has 1 amide bonds. The van der Waals surface area contributed by atoms with Gasteiger partial charge < -0.3 is 5.32 Å². The highest BCUT2D eigenvalue weighted by Gasteiger charge is 2.10. The summed E-state index contributed by atoms with van der Waals surface area (Å²) in [5.74, 6) is 0.419. The molecule has 0 spiro atoms. The number of alkyl halides is 1. The monoisotopic (exact) mass is 254 g/mol. The van der Waals surface area contributed by atoms with Gasteiger partial charge in [0.1, 0.15) is 0 Å². The summed E-state index contributed by atoms with van der Waals surface area (Å²) < 4.78 is 0. The molecule has 1 aromatic heterocycles. The van der Waals surface area contributed by atoms with Crippen LogP contribution in [-0.4, -0.2) is 22.8 Å². The van der Waals surface area contributed by atoms with Gasteiger partial charge in [-0.2, -0.15) is 0 Å². The van der Waals surface area contributed by atoms with Crippen molar-refractivity contribution in [2.45, 2.75) is 32.6 Å². The number of pyridine rings is 1. The molecule has 0 aromatic carbocycles. The maximum atomic E-state index is 11.7. The highest BCUT2D eigenvalue weighted by Crippen LogP contribution is 2.09. The Labute approximate surface area is 108 Å². The third-order valence-electron chi connectivity index (χ3n) is 2.38. The Morgan fingerprint density at radius 3 is 2.71 bits per heavy atom. The molecule has 0 aliphatic carbocycles. The van der Waals surface area contributed by atoms with Gasteiger partial charge in [-0.15, -0.1) is 11.6 Å². The minimum Gasteiger partial charge on any atom is -0.351 e. The first-order chi connectivity index (χ1) is 7.99. The molecule has 0 saturated heterocycles. The highest BCUT2D eigenvalue weighted by atomic mass is 35.5. The molecule has 1 unspecified atom stereocenters. The first-order valence-corrected chi connectivity index (χ1v) is 6.27. The van der Waals surface area contributed by atoms with E-state index in [9.17, 15) is 4.79 Å². The van der Waals surface area contributed by atoms with Gasteiger partial charge in [-0.05, 0) is 31.4 Å². The minimum absolute atomic E-state index is 0.0163. The number of aromatic nitrogens is 1. The number of rotatable bonds is 5. The third kappa shape index (κ3) is 5.18. The predicted octanol–water partition coefficient (Wildman–Crippen LogP) is 2.77. The van der Waals surface area contributed by atoms with E-state index in [4.69, 9.17) is 11.6 Å². The van der Waals surface area contributed by atoms with Gasteiger partial charge in [0.25, 0.3) is 5.91 Å². The van der Waals surface area contributed by atoms with Crippen molar-refractivity contribution in [3.05, 3.63) is 29.6 Å². The zero-order valence-electron chi connectivity index (χ0n) is 10.5. The van der Waals surface area contributed by atoms with Crippen molar-refractivity contribution in [2.24, 2.45) is 5.92 Å². The molecule has 1 N–H and O–H groups in total. The average Bonchev–Trinajstić information content (AvgIpc) is 2.26. The van der Waals surface area contributed by atoms with E-state index < -0.39 is 0 Å². The molecular weight excluding hydrogens is 236 g/mol. The Balaban J connectivity index is 2.42. The van der Waals surface area contributed by atoms with Crippen LogP contribution in [0.15, 0.2) is 18.3 Å². The summed E-state index contributed by atoms with van der Waals surface area (Å²) in [6.07, 6.45) is 2.48. The molecule has 3 nitrogen and oxygen atoms in total. The fourth-order valence-electron chi connectivity index (χ4n) is 1.50. The maximum absolute atomic E-state index is 11.7. The van der Waals surface area contributed by atoms with Gasteiger partial charge in [-0.1, -0.05) is 13.8 Å². The first kappa shape index (κ1) is 14.0. The van der Waals surface area contributed by atoms with Crippen LogP contribution in [0.2, 0.25) is 0 Å². The van der Waals surface area contributed by atoms with Gasteiger partial charge in [-0.3, -0.25) is 9.78 Å². The van der Waals surface area contributed by atoms with Gasteiger partial charge in [0.2, 0.25) is 0 Å². The summed E-state index contributed by atoms with van der Waals surface area (Å²) in [7, 11) is 0. The molecule has 0 aliphatic rings. The second-order valence-corrected chi connectivity index (χ2v) is 5.24. The summed E-state index contributed by atoms with van der Waals surface area (Å²) in [5.41, 5.74) is 1.47. The van der Waals surface area contributed by atoms with Crippen molar-refractivity contribution < 1.29 is 4.79 Å². The molecule has 4 heteroatoms. The van der Waals surface area contributed by atoms with E-state index in [-0.39, 0.29) is 11.3 Å². The van der Waals surface area contributed by atoms with E-state index in [0.717, 1.165) is 12.1 Å². The Kier molecular flexibility index (Phi) is 5.42. The van der Waals surface area contributed by atoms with Crippen LogP contribution in [-0.2, 0) is 0 Å². The molecule has 0 fully saturated rings. The number of nitrogens with zero attached hydrogens (tertiary/aromatic N) is 1. The fourth-order valence-corrected chi connectivity index (χ4v) is 1.94. The lowest BCUT2D eigenvalue weighted by Crippen LogP contribution is -2.30. The highest BCUT2D eigenvalue weighted by molar-refractivity contribution is 6.20. The van der Waals surface area contributed by atoms with Crippen LogP contribution in [0.4, 0.5) is 0 Å². The van der Waals surface area contributed by atoms with Crippen LogP contribution in [0, 0.1) is 12.8 Å². The van der Waals surface area contributed by atoms with Crippen molar-refractivity contribution >= 4 is 17.5 Å². The molecule has 0 radical (unpaired) electrons. The molecule has 1 atom stereocenters. The second-order valence-electron chi connectivity index (χ2n) is 4.63. The van der Waals surface area contributed by atoms with Gasteiger partial charge in [0, 0.05) is 18.4 Å². The maximum Gasteiger partial charge on any atom is 0.252 e. The number of nitrogens with one attached hydrogen (secondary N) is 1. The van der Waals surface area contributed by atoms with E-state index in [1.807, 2.05) is 13.0 Å². The standard InChI is InChI=1S/C13H19ClN2O/c1-9(2)6-12(14)8-16-13(17)11-5-4-10(3)15-7-11/h4-5,7,9,12H,6,8H2,1-3H3,(H,16,17). The van der Waals surface area contributed by atoms with Gasteiger partial charge in [0.15, 0.2) is 0 Å². The molecule has 1 heterocycles. The normalized spacial score (nSPS) is 12.5. The van der Waals surface area contributed by atoms with E-state index in [1.165, 1.54) is 0 Å². The van der Waals surface area contributed by atoms with Gasteiger partial charge in [0.05, 0.1) is 10.9 Å². The van der Waals surface area contributed by atoms with Crippen molar-refractivity contribution in [3.63, 3.8) is 0 Å². The molecular formula is C13H19ClN2O. The molecule has 1 aromatic rings. The SMILES string of the molecule is Cc1ccc(C(=O)NCC(Cl)CC(C)C)cn1. The molecule has 17 heavy (non-hydrogen) atoms. The van der Waals surface area contributed by atoms with E-state index >= 15 is 0 Å². The molecule has 0 aliphatic heterocycles. The van der Waals surface area contributed by atoms with Crippen LogP contribution in [0.3, 0.4) is 0 Å². The second kappa shape index (κ2) is 6.60. The molecule has 0 bridgehead atoms. The van der Waals surface area contributed by atoms with Crippen LogP contribution in [0.5, 0.6) is 0 Å². The lowest BCUT2D eigenvalue weighted by molar-refractivity contribution is 0.0952. The summed E-state index contributed by atoms with van der Waals surface area (Å²) in [5, 5.41) is 2.80. The largest absolute Gasteiger partial charge is 0.351 e. The van der Waals surface area contributed by atoms with E-state index in [2.05, 4.69) is 24.1 Å². The molecule has 1 rings (SSSR count). The lowest BCUT2D eigenvalue weighted by atomic mass is 10.1. The predicted molar refractivity (Wildman–Crippen MR) is 70.4 cm³/mol. The number of hydrogen-bond acceptors (Lipinski definition) is 2. The third-order valence-corrected chi connectivity index (χ3v) is 2.72. The van der Waals surface area contributed by atoms with Crippen molar-refractivity contribution in [2.75, 3.05) is 6.54 Å². The minimum atomic E-state index is -0.119. The zero-order chi connectivity index (χ0) is 12.8. The first-order valence-electron chi connectivity index (χ1n) is 5.84. The van der Waals surface area contributed by atoms with E-state index in [0.29, 0.717) is 18.0 Å². The van der Waals surface area contributed by atoms with Gasteiger partial charge in [-0.25, -0.2) is 0 Å². The number of amides is 1. The number of halogens is 1. The van der Waals surface area contributed by atoms with Crippen LogP contribution in [0.1, 0.15) is 36.3 Å². The van der Waals surface area contributed by atoms with E-state index in [1.54, 1.807) is 12.3 Å². The van der Waals surface area contributed by atoms with Crippen LogP contribution >= 0.6 is 11.6 Å². The molecule has 0 saturated carbocycles. The molecule has 94 valence electrons. The topological polar surface area (TPSA) is 42.0 Å². The smallest absolute Gasteiger partial charge is 0.252 e.